The number of benzene rings is 1. The number of nitrogens with zero attached hydrogens (tertiary/aromatic N) is 1. The number of thioether (sulfide) groups is 1. The predicted molar refractivity (Wildman–Crippen MR) is 76.2 cm³/mol. The maximum Gasteiger partial charge on any atom is 0.124 e. The third-order valence-electron chi connectivity index (χ3n) is 2.71. The second kappa shape index (κ2) is 7.23. The number of hydrogen-bond donors (Lipinski definition) is 2. The van der Waals surface area contributed by atoms with Gasteiger partial charge in [-0.2, -0.15) is 0 Å². The molecule has 100 valence electrons. The van der Waals surface area contributed by atoms with E-state index in [1.165, 1.54) is 17.7 Å². The first-order chi connectivity index (χ1) is 9.28. The molecule has 1 unspecified atom stereocenters. The van der Waals surface area contributed by atoms with E-state index in [-0.39, 0.29) is 11.9 Å². The van der Waals surface area contributed by atoms with Gasteiger partial charge in [0.15, 0.2) is 0 Å². The van der Waals surface area contributed by atoms with Gasteiger partial charge in [0.25, 0.3) is 0 Å². The fourth-order valence-corrected chi connectivity index (χ4v) is 2.70. The largest absolute Gasteiger partial charge is 0.271 e. The summed E-state index contributed by atoms with van der Waals surface area (Å²) in [7, 11) is 0. The maximum atomic E-state index is 13.1. The molecule has 5 heteroatoms. The first-order valence-corrected chi connectivity index (χ1v) is 7.00. The van der Waals surface area contributed by atoms with Crippen molar-refractivity contribution in [1.29, 1.82) is 0 Å². The van der Waals surface area contributed by atoms with Gasteiger partial charge in [0.05, 0.1) is 0 Å². The highest BCUT2D eigenvalue weighted by Gasteiger charge is 2.08. The average Bonchev–Trinajstić information content (AvgIpc) is 2.44. The van der Waals surface area contributed by atoms with Crippen molar-refractivity contribution >= 4 is 11.8 Å². The lowest BCUT2D eigenvalue weighted by atomic mass is 10.1. The molecule has 19 heavy (non-hydrogen) atoms. The molecule has 0 aliphatic rings. The Kier molecular flexibility index (Phi) is 5.32. The first kappa shape index (κ1) is 14.0. The number of hydrazine groups is 1. The summed E-state index contributed by atoms with van der Waals surface area (Å²) in [4.78, 5) is 4.90. The molecule has 0 bridgehead atoms. The highest BCUT2D eigenvalue weighted by Crippen LogP contribution is 2.20. The van der Waals surface area contributed by atoms with Crippen LogP contribution >= 0.6 is 11.8 Å². The van der Waals surface area contributed by atoms with Gasteiger partial charge < -0.3 is 0 Å². The van der Waals surface area contributed by atoms with Crippen molar-refractivity contribution in [2.75, 3.05) is 5.75 Å². The van der Waals surface area contributed by atoms with Crippen LogP contribution in [0.4, 0.5) is 4.39 Å². The Balaban J connectivity index is 1.89. The van der Waals surface area contributed by atoms with Crippen LogP contribution in [0, 0.1) is 5.82 Å². The van der Waals surface area contributed by atoms with E-state index in [0.717, 1.165) is 17.1 Å². The summed E-state index contributed by atoms with van der Waals surface area (Å²) in [5.74, 6) is 6.13. The molecule has 0 amide bonds. The van der Waals surface area contributed by atoms with Gasteiger partial charge in [0.1, 0.15) is 5.82 Å². The minimum Gasteiger partial charge on any atom is -0.271 e. The van der Waals surface area contributed by atoms with Crippen molar-refractivity contribution in [2.24, 2.45) is 5.84 Å². The van der Waals surface area contributed by atoms with Crippen molar-refractivity contribution in [2.45, 2.75) is 17.4 Å². The molecule has 1 aromatic heterocycles. The van der Waals surface area contributed by atoms with E-state index in [0.29, 0.717) is 0 Å². The molecule has 0 radical (unpaired) electrons. The monoisotopic (exact) mass is 277 g/mol. The first-order valence-electron chi connectivity index (χ1n) is 6.01. The van der Waals surface area contributed by atoms with Gasteiger partial charge in [-0.15, -0.1) is 11.8 Å². The number of rotatable bonds is 6. The zero-order chi connectivity index (χ0) is 13.5. The molecule has 0 spiro atoms. The quantitative estimate of drug-likeness (QED) is 0.483. The van der Waals surface area contributed by atoms with E-state index < -0.39 is 0 Å². The summed E-state index contributed by atoms with van der Waals surface area (Å²) in [5, 5.41) is 0. The molecule has 0 aliphatic carbocycles. The van der Waals surface area contributed by atoms with E-state index in [4.69, 9.17) is 5.84 Å². The van der Waals surface area contributed by atoms with Crippen molar-refractivity contribution in [3.63, 3.8) is 0 Å². The number of nitrogens with one attached hydrogen (secondary N) is 1. The summed E-state index contributed by atoms with van der Waals surface area (Å²) in [6.07, 6.45) is 4.35. The summed E-state index contributed by atoms with van der Waals surface area (Å²) >= 11 is 1.59. The number of halogens is 1. The van der Waals surface area contributed by atoms with Gasteiger partial charge in [-0.25, -0.2) is 4.39 Å². The van der Waals surface area contributed by atoms with Crippen molar-refractivity contribution < 1.29 is 4.39 Å². The maximum absolute atomic E-state index is 13.1. The Morgan fingerprint density at radius 3 is 2.74 bits per heavy atom. The van der Waals surface area contributed by atoms with Crippen LogP contribution in [0.5, 0.6) is 0 Å². The van der Waals surface area contributed by atoms with Crippen LogP contribution in [-0.4, -0.2) is 16.8 Å². The van der Waals surface area contributed by atoms with Crippen molar-refractivity contribution in [3.8, 4) is 0 Å². The topological polar surface area (TPSA) is 50.9 Å². The van der Waals surface area contributed by atoms with Crippen LogP contribution in [0.3, 0.4) is 0 Å². The molecule has 0 aliphatic heterocycles. The molecular weight excluding hydrogens is 261 g/mol. The molecule has 3 nitrogen and oxygen atoms in total. The van der Waals surface area contributed by atoms with Crippen molar-refractivity contribution in [3.05, 3.63) is 60.2 Å². The third kappa shape index (κ3) is 4.63. The van der Waals surface area contributed by atoms with Gasteiger partial charge in [0.2, 0.25) is 0 Å². The lowest BCUT2D eigenvalue weighted by molar-refractivity contribution is 0.575. The van der Waals surface area contributed by atoms with E-state index >= 15 is 0 Å². The van der Waals surface area contributed by atoms with Crippen LogP contribution in [0.1, 0.15) is 5.56 Å². The van der Waals surface area contributed by atoms with E-state index in [1.54, 1.807) is 30.2 Å². The molecule has 0 saturated heterocycles. The van der Waals surface area contributed by atoms with Gasteiger partial charge in [0, 0.05) is 29.1 Å². The van der Waals surface area contributed by atoms with Gasteiger partial charge in [-0.3, -0.25) is 16.3 Å². The standard InChI is InChI=1S/C14H16FN3S/c15-12-2-1-3-14(9-12)19-10-13(18-16)8-11-4-6-17-7-5-11/h1-7,9,13,18H,8,10,16H2. The zero-order valence-electron chi connectivity index (χ0n) is 10.4. The summed E-state index contributed by atoms with van der Waals surface area (Å²) in [6, 6.07) is 10.7. The van der Waals surface area contributed by atoms with Crippen LogP contribution < -0.4 is 11.3 Å². The Bertz CT molecular complexity index is 507. The van der Waals surface area contributed by atoms with Crippen LogP contribution in [0.25, 0.3) is 0 Å². The zero-order valence-corrected chi connectivity index (χ0v) is 11.2. The third-order valence-corrected chi connectivity index (χ3v) is 3.87. The number of pyridine rings is 1. The molecule has 2 aromatic rings. The molecule has 1 atom stereocenters. The molecule has 0 saturated carbocycles. The lowest BCUT2D eigenvalue weighted by Gasteiger charge is -2.15. The minimum absolute atomic E-state index is 0.135. The van der Waals surface area contributed by atoms with E-state index in [1.807, 2.05) is 18.2 Å². The lowest BCUT2D eigenvalue weighted by Crippen LogP contribution is -2.38. The normalized spacial score (nSPS) is 12.3. The Hall–Kier alpha value is -1.43. The van der Waals surface area contributed by atoms with Crippen molar-refractivity contribution in [1.82, 2.24) is 10.4 Å². The highest BCUT2D eigenvalue weighted by atomic mass is 32.2. The summed E-state index contributed by atoms with van der Waals surface area (Å²) in [5.41, 5.74) is 3.98. The van der Waals surface area contributed by atoms with E-state index in [2.05, 4.69) is 10.4 Å². The molecule has 3 N–H and O–H groups in total. The SMILES string of the molecule is NNC(CSc1cccc(F)c1)Cc1ccncc1. The molecule has 1 aromatic carbocycles. The van der Waals surface area contributed by atoms with Crippen LogP contribution in [-0.2, 0) is 6.42 Å². The molecule has 0 fully saturated rings. The number of nitrogens with two attached hydrogens (primary N) is 1. The van der Waals surface area contributed by atoms with Crippen LogP contribution in [0.2, 0.25) is 0 Å². The molecule has 1 heterocycles. The van der Waals surface area contributed by atoms with Crippen LogP contribution in [0.15, 0.2) is 53.7 Å². The fourth-order valence-electron chi connectivity index (χ4n) is 1.72. The highest BCUT2D eigenvalue weighted by molar-refractivity contribution is 7.99. The Morgan fingerprint density at radius 2 is 2.05 bits per heavy atom. The second-order valence-electron chi connectivity index (χ2n) is 4.19. The minimum atomic E-state index is -0.212. The summed E-state index contributed by atoms with van der Waals surface area (Å²) < 4.78 is 13.1. The second-order valence-corrected chi connectivity index (χ2v) is 5.28. The smallest absolute Gasteiger partial charge is 0.124 e. The molecular formula is C14H16FN3S. The summed E-state index contributed by atoms with van der Waals surface area (Å²) in [6.45, 7) is 0. The predicted octanol–water partition coefficient (Wildman–Crippen LogP) is 2.39. The van der Waals surface area contributed by atoms with Gasteiger partial charge in [-0.05, 0) is 42.3 Å². The Morgan fingerprint density at radius 1 is 1.26 bits per heavy atom. The van der Waals surface area contributed by atoms with E-state index in [9.17, 15) is 4.39 Å². The molecule has 2 rings (SSSR count). The Labute approximate surface area is 116 Å². The average molecular weight is 277 g/mol. The number of hydrogen-bond acceptors (Lipinski definition) is 4. The van der Waals surface area contributed by atoms with Gasteiger partial charge in [-0.1, -0.05) is 6.07 Å². The number of aromatic nitrogens is 1. The fraction of sp³-hybridized carbons (Fsp3) is 0.214. The van der Waals surface area contributed by atoms with Gasteiger partial charge >= 0.3 is 0 Å².